The molecule has 1 aromatic carbocycles. The largest absolute Gasteiger partial charge is 0.385 e. The van der Waals surface area contributed by atoms with Gasteiger partial charge in [-0.1, -0.05) is 44.2 Å². The summed E-state index contributed by atoms with van der Waals surface area (Å²) in [6.07, 6.45) is 0.589. The van der Waals surface area contributed by atoms with Crippen LogP contribution < -0.4 is 5.32 Å². The van der Waals surface area contributed by atoms with E-state index in [2.05, 4.69) is 5.32 Å². The van der Waals surface area contributed by atoms with Crippen LogP contribution in [0.15, 0.2) is 30.3 Å². The quantitative estimate of drug-likeness (QED) is 0.539. The molecule has 0 aromatic heterocycles. The molecule has 0 bridgehead atoms. The molecule has 1 N–H and O–H groups in total. The van der Waals surface area contributed by atoms with E-state index in [1.165, 1.54) is 4.90 Å². The van der Waals surface area contributed by atoms with Gasteiger partial charge in [0.25, 0.3) is 0 Å². The average Bonchev–Trinajstić information content (AvgIpc) is 2.86. The van der Waals surface area contributed by atoms with E-state index in [1.54, 1.807) is 7.11 Å². The first-order valence-electron chi connectivity index (χ1n) is 9.06. The van der Waals surface area contributed by atoms with Crippen LogP contribution in [-0.4, -0.2) is 49.4 Å². The van der Waals surface area contributed by atoms with E-state index in [1.807, 2.05) is 44.2 Å². The molecular formula is C20H28N2O4. The van der Waals surface area contributed by atoms with Gasteiger partial charge in [-0.05, 0) is 17.9 Å². The summed E-state index contributed by atoms with van der Waals surface area (Å²) >= 11 is 0. The summed E-state index contributed by atoms with van der Waals surface area (Å²) in [4.78, 5) is 39.5. The first kappa shape index (κ1) is 20.1. The van der Waals surface area contributed by atoms with E-state index >= 15 is 0 Å². The molecule has 1 saturated heterocycles. The zero-order valence-corrected chi connectivity index (χ0v) is 15.8. The average molecular weight is 360 g/mol. The summed E-state index contributed by atoms with van der Waals surface area (Å²) in [6, 6.07) is 9.15. The molecule has 0 aliphatic carbocycles. The maximum atomic E-state index is 13.2. The summed E-state index contributed by atoms with van der Waals surface area (Å²) in [7, 11) is 1.58. The Kier molecular flexibility index (Phi) is 6.91. The number of ether oxygens (including phenoxy) is 1. The third kappa shape index (κ3) is 4.49. The number of hydrogen-bond acceptors (Lipinski definition) is 4. The second-order valence-corrected chi connectivity index (χ2v) is 7.20. The lowest BCUT2D eigenvalue weighted by Gasteiger charge is -2.27. The van der Waals surface area contributed by atoms with Crippen molar-refractivity contribution in [3.8, 4) is 0 Å². The molecule has 1 aliphatic rings. The molecule has 0 spiro atoms. The summed E-state index contributed by atoms with van der Waals surface area (Å²) in [5.41, 5.74) is -0.403. The van der Waals surface area contributed by atoms with Crippen LogP contribution in [0.4, 0.5) is 0 Å². The number of amides is 3. The van der Waals surface area contributed by atoms with E-state index < -0.39 is 5.41 Å². The zero-order chi connectivity index (χ0) is 19.2. The van der Waals surface area contributed by atoms with Crippen molar-refractivity contribution in [3.05, 3.63) is 35.9 Å². The van der Waals surface area contributed by atoms with Gasteiger partial charge in [0, 0.05) is 39.6 Å². The van der Waals surface area contributed by atoms with Crippen LogP contribution in [0.2, 0.25) is 0 Å². The van der Waals surface area contributed by atoms with Gasteiger partial charge in [0.2, 0.25) is 17.7 Å². The SMILES string of the molecule is COCCCN1C(=O)C[C@@](CC(=O)NCC(C)C)(c2ccccc2)C1=O. The van der Waals surface area contributed by atoms with Crippen LogP contribution in [-0.2, 0) is 24.5 Å². The molecule has 1 heterocycles. The standard InChI is InChI=1S/C20H28N2O4/c1-15(2)14-21-17(23)12-20(16-8-5-4-6-9-16)13-18(24)22(19(20)25)10-7-11-26-3/h4-6,8-9,15H,7,10-14H2,1-3H3,(H,21,23)/t20-/m0/s1. The molecule has 1 atom stereocenters. The van der Waals surface area contributed by atoms with Crippen molar-refractivity contribution >= 4 is 17.7 Å². The summed E-state index contributed by atoms with van der Waals surface area (Å²) in [6.45, 7) is 5.35. The number of nitrogens with zero attached hydrogens (tertiary/aromatic N) is 1. The summed E-state index contributed by atoms with van der Waals surface area (Å²) in [5.74, 6) is -0.406. The van der Waals surface area contributed by atoms with Crippen molar-refractivity contribution in [2.24, 2.45) is 5.92 Å². The fraction of sp³-hybridized carbons (Fsp3) is 0.550. The van der Waals surface area contributed by atoms with Gasteiger partial charge < -0.3 is 10.1 Å². The third-order valence-corrected chi connectivity index (χ3v) is 4.63. The van der Waals surface area contributed by atoms with Crippen molar-refractivity contribution in [2.75, 3.05) is 26.8 Å². The van der Waals surface area contributed by atoms with Crippen LogP contribution in [0.3, 0.4) is 0 Å². The van der Waals surface area contributed by atoms with Crippen LogP contribution >= 0.6 is 0 Å². The molecule has 0 saturated carbocycles. The van der Waals surface area contributed by atoms with Gasteiger partial charge in [0.15, 0.2) is 0 Å². The van der Waals surface area contributed by atoms with Gasteiger partial charge in [-0.2, -0.15) is 0 Å². The Morgan fingerprint density at radius 2 is 1.96 bits per heavy atom. The summed E-state index contributed by atoms with van der Waals surface area (Å²) < 4.78 is 5.01. The number of hydrogen-bond donors (Lipinski definition) is 1. The Balaban J connectivity index is 2.26. The number of imide groups is 1. The number of carbonyl (C=O) groups excluding carboxylic acids is 3. The maximum absolute atomic E-state index is 13.2. The molecular weight excluding hydrogens is 332 g/mol. The van der Waals surface area contributed by atoms with E-state index in [0.29, 0.717) is 37.6 Å². The smallest absolute Gasteiger partial charge is 0.240 e. The molecule has 3 amide bonds. The molecule has 1 aliphatic heterocycles. The Labute approximate surface area is 154 Å². The van der Waals surface area contributed by atoms with Crippen LogP contribution in [0.1, 0.15) is 38.7 Å². The number of carbonyl (C=O) groups is 3. The maximum Gasteiger partial charge on any atom is 0.240 e. The number of rotatable bonds is 9. The van der Waals surface area contributed by atoms with Gasteiger partial charge in [-0.25, -0.2) is 0 Å². The number of nitrogens with one attached hydrogen (secondary N) is 1. The monoisotopic (exact) mass is 360 g/mol. The fourth-order valence-electron chi connectivity index (χ4n) is 3.27. The topological polar surface area (TPSA) is 75.7 Å². The molecule has 1 fully saturated rings. The number of likely N-dealkylation sites (tertiary alicyclic amines) is 1. The van der Waals surface area contributed by atoms with Crippen molar-refractivity contribution in [3.63, 3.8) is 0 Å². The van der Waals surface area contributed by atoms with Crippen LogP contribution in [0.25, 0.3) is 0 Å². The lowest BCUT2D eigenvalue weighted by Crippen LogP contribution is -2.43. The number of methoxy groups -OCH3 is 1. The Hall–Kier alpha value is -2.21. The van der Waals surface area contributed by atoms with Crippen molar-refractivity contribution in [1.29, 1.82) is 0 Å². The van der Waals surface area contributed by atoms with Crippen LogP contribution in [0, 0.1) is 5.92 Å². The van der Waals surface area contributed by atoms with Gasteiger partial charge in [0.05, 0.1) is 5.41 Å². The van der Waals surface area contributed by atoms with Crippen molar-refractivity contribution < 1.29 is 19.1 Å². The van der Waals surface area contributed by atoms with E-state index in [9.17, 15) is 14.4 Å². The minimum atomic E-state index is -1.12. The second-order valence-electron chi connectivity index (χ2n) is 7.20. The van der Waals surface area contributed by atoms with Gasteiger partial charge in [0.1, 0.15) is 0 Å². The van der Waals surface area contributed by atoms with Crippen molar-refractivity contribution in [1.82, 2.24) is 10.2 Å². The molecule has 6 heteroatoms. The highest BCUT2D eigenvalue weighted by molar-refractivity contribution is 6.10. The van der Waals surface area contributed by atoms with Gasteiger partial charge in [-0.15, -0.1) is 0 Å². The van der Waals surface area contributed by atoms with Crippen molar-refractivity contribution in [2.45, 2.75) is 38.5 Å². The van der Waals surface area contributed by atoms with E-state index in [-0.39, 0.29) is 30.6 Å². The summed E-state index contributed by atoms with van der Waals surface area (Å²) in [5, 5.41) is 2.87. The fourth-order valence-corrected chi connectivity index (χ4v) is 3.27. The normalized spacial score (nSPS) is 20.1. The molecule has 6 nitrogen and oxygen atoms in total. The third-order valence-electron chi connectivity index (χ3n) is 4.63. The Bertz CT molecular complexity index is 644. The highest BCUT2D eigenvalue weighted by Crippen LogP contribution is 2.39. The Morgan fingerprint density at radius 1 is 1.27 bits per heavy atom. The zero-order valence-electron chi connectivity index (χ0n) is 15.8. The lowest BCUT2D eigenvalue weighted by atomic mass is 9.75. The minimum absolute atomic E-state index is 0.0188. The molecule has 0 radical (unpaired) electrons. The molecule has 1 aromatic rings. The molecule has 26 heavy (non-hydrogen) atoms. The van der Waals surface area contributed by atoms with E-state index in [0.717, 1.165) is 0 Å². The first-order chi connectivity index (χ1) is 12.4. The molecule has 0 unspecified atom stereocenters. The molecule has 2 rings (SSSR count). The predicted octanol–water partition coefficient (Wildman–Crippen LogP) is 1.88. The minimum Gasteiger partial charge on any atom is -0.385 e. The lowest BCUT2D eigenvalue weighted by molar-refractivity contribution is -0.141. The Morgan fingerprint density at radius 3 is 2.58 bits per heavy atom. The highest BCUT2D eigenvalue weighted by Gasteiger charge is 2.53. The van der Waals surface area contributed by atoms with Gasteiger partial charge >= 0.3 is 0 Å². The predicted molar refractivity (Wildman–Crippen MR) is 98.4 cm³/mol. The number of benzene rings is 1. The molecule has 142 valence electrons. The highest BCUT2D eigenvalue weighted by atomic mass is 16.5. The van der Waals surface area contributed by atoms with E-state index in [4.69, 9.17) is 4.74 Å². The van der Waals surface area contributed by atoms with Gasteiger partial charge in [-0.3, -0.25) is 19.3 Å². The second kappa shape index (κ2) is 8.94. The van der Waals surface area contributed by atoms with Crippen LogP contribution in [0.5, 0.6) is 0 Å². The first-order valence-corrected chi connectivity index (χ1v) is 9.06.